The quantitative estimate of drug-likeness (QED) is 0.213. The minimum atomic E-state index is -0.574. The van der Waals surface area contributed by atoms with Gasteiger partial charge in [0.05, 0.1) is 23.3 Å². The third-order valence-electron chi connectivity index (χ3n) is 7.05. The van der Waals surface area contributed by atoms with Crippen molar-refractivity contribution in [2.45, 2.75) is 59.0 Å². The highest BCUT2D eigenvalue weighted by Gasteiger charge is 2.21. The molecular weight excluding hydrogens is 538 g/mol. The fourth-order valence-corrected chi connectivity index (χ4v) is 5.61. The predicted molar refractivity (Wildman–Crippen MR) is 161 cm³/mol. The van der Waals surface area contributed by atoms with Gasteiger partial charge in [-0.3, -0.25) is 9.20 Å². The van der Waals surface area contributed by atoms with Crippen LogP contribution in [0.1, 0.15) is 51.6 Å². The molecule has 0 amide bonds. The van der Waals surface area contributed by atoms with Crippen LogP contribution in [0, 0.1) is 0 Å². The van der Waals surface area contributed by atoms with E-state index in [-0.39, 0.29) is 24.2 Å². The summed E-state index contributed by atoms with van der Waals surface area (Å²) in [5.74, 6) is 1.36. The summed E-state index contributed by atoms with van der Waals surface area (Å²) in [4.78, 5) is 25.9. The zero-order chi connectivity index (χ0) is 29.1. The second-order valence-electron chi connectivity index (χ2n) is 11.3. The Bertz CT molecular complexity index is 1630. The van der Waals surface area contributed by atoms with E-state index in [0.29, 0.717) is 24.5 Å². The molecule has 1 atom stereocenters. The number of nitrogens with zero attached hydrogens (tertiary/aromatic N) is 5. The smallest absolute Gasteiger partial charge is 0.214 e. The molecule has 0 spiro atoms. The average Bonchev–Trinajstić information content (AvgIpc) is 3.65. The van der Waals surface area contributed by atoms with E-state index >= 15 is 0 Å². The van der Waals surface area contributed by atoms with E-state index in [1.54, 1.807) is 0 Å². The van der Waals surface area contributed by atoms with Crippen molar-refractivity contribution in [2.75, 3.05) is 26.2 Å². The van der Waals surface area contributed by atoms with E-state index in [2.05, 4.69) is 49.7 Å². The summed E-state index contributed by atoms with van der Waals surface area (Å²) in [6.45, 7) is 12.9. The molecule has 9 nitrogen and oxygen atoms in total. The highest BCUT2D eigenvalue weighted by atomic mass is 32.1. The third kappa shape index (κ3) is 6.83. The normalized spacial score (nSPS) is 13.0. The van der Waals surface area contributed by atoms with E-state index in [0.717, 1.165) is 51.0 Å². The van der Waals surface area contributed by atoms with E-state index in [1.165, 1.54) is 11.3 Å². The fourth-order valence-electron chi connectivity index (χ4n) is 4.64. The first-order valence-corrected chi connectivity index (χ1v) is 14.8. The number of imidazole rings is 1. The van der Waals surface area contributed by atoms with Gasteiger partial charge in [0.1, 0.15) is 29.1 Å². The number of thiazole rings is 1. The minimum Gasteiger partial charge on any atom is -0.475 e. The van der Waals surface area contributed by atoms with Gasteiger partial charge >= 0.3 is 0 Å². The standard InChI is InChI=1S/C31H37N5O4S/c1-6-35(7-2)17-24(38)19-39-28-13-12-26-29(33-28)41-30-32-25(18-36(26)30)21-10-8-20(9-11-21)14-23(37)15-22-16-27(40-34-22)31(3,4)5/h8-13,16,18,24,38H,6-7,14-15,17,19H2,1-5H3. The molecule has 1 N–H and O–H groups in total. The maximum absolute atomic E-state index is 12.6. The second kappa shape index (κ2) is 12.1. The molecule has 5 aromatic rings. The molecule has 0 bridgehead atoms. The number of fused-ring (bicyclic) bond motifs is 3. The number of aliphatic hydroxyl groups is 1. The Morgan fingerprint density at radius 1 is 1.10 bits per heavy atom. The summed E-state index contributed by atoms with van der Waals surface area (Å²) in [5.41, 5.74) is 4.26. The van der Waals surface area contributed by atoms with Gasteiger partial charge in [0.15, 0.2) is 4.96 Å². The van der Waals surface area contributed by atoms with Crippen LogP contribution in [0.2, 0.25) is 0 Å². The maximum Gasteiger partial charge on any atom is 0.214 e. The van der Waals surface area contributed by atoms with Crippen LogP contribution in [-0.4, -0.2) is 67.7 Å². The zero-order valence-electron chi connectivity index (χ0n) is 24.3. The molecule has 5 rings (SSSR count). The molecule has 1 unspecified atom stereocenters. The number of aromatic nitrogens is 4. The van der Waals surface area contributed by atoms with Crippen molar-refractivity contribution in [3.05, 3.63) is 65.7 Å². The lowest BCUT2D eigenvalue weighted by Crippen LogP contribution is -2.35. The summed E-state index contributed by atoms with van der Waals surface area (Å²) < 4.78 is 13.2. The monoisotopic (exact) mass is 575 g/mol. The third-order valence-corrected chi connectivity index (χ3v) is 8.01. The summed E-state index contributed by atoms with van der Waals surface area (Å²) in [6.07, 6.45) is 2.02. The highest BCUT2D eigenvalue weighted by molar-refractivity contribution is 7.23. The van der Waals surface area contributed by atoms with Crippen molar-refractivity contribution in [2.24, 2.45) is 0 Å². The first-order chi connectivity index (χ1) is 19.6. The number of hydrogen-bond acceptors (Lipinski definition) is 9. The van der Waals surface area contributed by atoms with E-state index in [1.807, 2.05) is 53.1 Å². The van der Waals surface area contributed by atoms with Crippen molar-refractivity contribution in [1.29, 1.82) is 0 Å². The Labute approximate surface area is 243 Å². The topological polar surface area (TPSA) is 106 Å². The Balaban J connectivity index is 1.21. The number of likely N-dealkylation sites (N-methyl/N-ethyl adjacent to an activating group) is 1. The van der Waals surface area contributed by atoms with Gasteiger partial charge < -0.3 is 19.3 Å². The molecule has 0 aliphatic carbocycles. The molecule has 216 valence electrons. The van der Waals surface area contributed by atoms with Gasteiger partial charge in [-0.05, 0) is 24.7 Å². The van der Waals surface area contributed by atoms with E-state index < -0.39 is 6.10 Å². The van der Waals surface area contributed by atoms with Gasteiger partial charge in [0, 0.05) is 42.3 Å². The molecule has 1 aromatic carbocycles. The molecule has 0 aliphatic heterocycles. The number of Topliss-reactive ketones (excluding diaryl/α,β-unsaturated/α-hetero) is 1. The molecule has 4 aromatic heterocycles. The second-order valence-corrected chi connectivity index (χ2v) is 12.3. The van der Waals surface area contributed by atoms with Crippen molar-refractivity contribution < 1.29 is 19.2 Å². The van der Waals surface area contributed by atoms with Crippen LogP contribution in [0.3, 0.4) is 0 Å². The van der Waals surface area contributed by atoms with Crippen molar-refractivity contribution in [3.63, 3.8) is 0 Å². The zero-order valence-corrected chi connectivity index (χ0v) is 25.1. The molecule has 0 radical (unpaired) electrons. The molecule has 0 saturated carbocycles. The lowest BCUT2D eigenvalue weighted by Gasteiger charge is -2.21. The average molecular weight is 576 g/mol. The van der Waals surface area contributed by atoms with Crippen molar-refractivity contribution in [1.82, 2.24) is 24.4 Å². The van der Waals surface area contributed by atoms with E-state index in [9.17, 15) is 9.90 Å². The number of benzene rings is 1. The largest absolute Gasteiger partial charge is 0.475 e. The Kier molecular flexibility index (Phi) is 8.53. The summed E-state index contributed by atoms with van der Waals surface area (Å²) in [7, 11) is 0. The molecule has 41 heavy (non-hydrogen) atoms. The van der Waals surface area contributed by atoms with Gasteiger partial charge in [-0.1, -0.05) is 75.4 Å². The van der Waals surface area contributed by atoms with Crippen LogP contribution in [0.15, 0.2) is 53.2 Å². The number of carbonyl (C=O) groups is 1. The van der Waals surface area contributed by atoms with Crippen LogP contribution < -0.4 is 4.74 Å². The lowest BCUT2D eigenvalue weighted by molar-refractivity contribution is -0.117. The molecule has 4 heterocycles. The predicted octanol–water partition coefficient (Wildman–Crippen LogP) is 5.33. The number of aliphatic hydroxyl groups excluding tert-OH is 1. The van der Waals surface area contributed by atoms with Crippen LogP contribution in [0.25, 0.3) is 26.6 Å². The summed E-state index contributed by atoms with van der Waals surface area (Å²) >= 11 is 1.49. The van der Waals surface area contributed by atoms with Crippen molar-refractivity contribution >= 4 is 32.4 Å². The summed E-state index contributed by atoms with van der Waals surface area (Å²) in [6, 6.07) is 13.6. The van der Waals surface area contributed by atoms with Crippen molar-refractivity contribution in [3.8, 4) is 17.1 Å². The Morgan fingerprint density at radius 3 is 2.54 bits per heavy atom. The lowest BCUT2D eigenvalue weighted by atomic mass is 9.93. The number of ether oxygens (including phenoxy) is 1. The number of pyridine rings is 1. The SMILES string of the molecule is CCN(CC)CC(O)COc1ccc2c(n1)sc1nc(-c3ccc(CC(=O)Cc4cc(C(C)(C)C)on4)cc3)cn12. The highest BCUT2D eigenvalue weighted by Crippen LogP contribution is 2.30. The first kappa shape index (κ1) is 28.9. The van der Waals surface area contributed by atoms with Crippen LogP contribution in [0.4, 0.5) is 0 Å². The number of ketones is 1. The van der Waals surface area contributed by atoms with Gasteiger partial charge in [0.2, 0.25) is 5.88 Å². The maximum atomic E-state index is 12.6. The minimum absolute atomic E-state index is 0.0923. The molecule has 0 fully saturated rings. The first-order valence-electron chi connectivity index (χ1n) is 14.0. The van der Waals surface area contributed by atoms with Crippen LogP contribution in [-0.2, 0) is 23.1 Å². The van der Waals surface area contributed by atoms with Gasteiger partial charge in [-0.25, -0.2) is 9.97 Å². The van der Waals surface area contributed by atoms with E-state index in [4.69, 9.17) is 14.2 Å². The van der Waals surface area contributed by atoms with Gasteiger partial charge in [0.25, 0.3) is 0 Å². The number of carbonyl (C=O) groups excluding carboxylic acids is 1. The van der Waals surface area contributed by atoms with Crippen LogP contribution >= 0.6 is 11.3 Å². The van der Waals surface area contributed by atoms with Gasteiger partial charge in [-0.2, -0.15) is 0 Å². The van der Waals surface area contributed by atoms with Crippen LogP contribution in [0.5, 0.6) is 5.88 Å². The molecule has 10 heteroatoms. The fraction of sp³-hybridized carbons (Fsp3) is 0.419. The molecule has 0 saturated heterocycles. The summed E-state index contributed by atoms with van der Waals surface area (Å²) in [5, 5.41) is 14.4. The Morgan fingerprint density at radius 2 is 1.85 bits per heavy atom. The number of rotatable bonds is 12. The molecule has 0 aliphatic rings. The Hall–Kier alpha value is -3.60. The molecular formula is C31H37N5O4S. The number of hydrogen-bond donors (Lipinski definition) is 1. The van der Waals surface area contributed by atoms with Gasteiger partial charge in [-0.15, -0.1) is 0 Å².